The topological polar surface area (TPSA) is 25.2 Å². The van der Waals surface area contributed by atoms with Crippen molar-refractivity contribution >= 4 is 11.6 Å². The van der Waals surface area contributed by atoms with Gasteiger partial charge in [-0.2, -0.15) is 0 Å². The van der Waals surface area contributed by atoms with Gasteiger partial charge in [0.15, 0.2) is 0 Å². The summed E-state index contributed by atoms with van der Waals surface area (Å²) in [7, 11) is 0. The van der Waals surface area contributed by atoms with Crippen LogP contribution in [0.1, 0.15) is 36.1 Å². The molecular weight excluding hydrogens is 320 g/mol. The second-order valence-corrected chi connectivity index (χ2v) is 6.74. The lowest BCUT2D eigenvalue weighted by atomic mass is 10.0. The Morgan fingerprint density at radius 3 is 2.23 bits per heavy atom. The molecule has 0 bridgehead atoms. The third-order valence-electron chi connectivity index (χ3n) is 4.71. The van der Waals surface area contributed by atoms with E-state index in [-0.39, 0.29) is 11.9 Å². The number of carbonyl (C=O) groups is 1. The number of hydrogen-bond acceptors (Lipinski definition) is 1. The highest BCUT2D eigenvalue weighted by Crippen LogP contribution is 2.26. The lowest BCUT2D eigenvalue weighted by molar-refractivity contribution is -0.119. The normalized spacial score (nSPS) is 12.0. The zero-order chi connectivity index (χ0) is 18.5. The van der Waals surface area contributed by atoms with Crippen LogP contribution in [0.25, 0.3) is 0 Å². The molecule has 26 heavy (non-hydrogen) atoms. The van der Waals surface area contributed by atoms with Crippen molar-refractivity contribution in [1.82, 2.24) is 4.57 Å². The average molecular weight is 346 g/mol. The van der Waals surface area contributed by atoms with E-state index in [4.69, 9.17) is 0 Å². The van der Waals surface area contributed by atoms with Crippen LogP contribution in [0.15, 0.2) is 73.1 Å². The van der Waals surface area contributed by atoms with E-state index < -0.39 is 0 Å². The van der Waals surface area contributed by atoms with Crippen molar-refractivity contribution in [2.75, 3.05) is 11.4 Å². The van der Waals surface area contributed by atoms with Gasteiger partial charge in [-0.3, -0.25) is 4.79 Å². The van der Waals surface area contributed by atoms with Gasteiger partial charge in [0, 0.05) is 24.6 Å². The minimum absolute atomic E-state index is 0.00346. The quantitative estimate of drug-likeness (QED) is 0.607. The second kappa shape index (κ2) is 8.05. The summed E-state index contributed by atoms with van der Waals surface area (Å²) >= 11 is 0. The van der Waals surface area contributed by atoms with Crippen molar-refractivity contribution in [3.8, 4) is 0 Å². The molecule has 0 fully saturated rings. The highest BCUT2D eigenvalue weighted by atomic mass is 16.2. The van der Waals surface area contributed by atoms with E-state index in [0.29, 0.717) is 13.0 Å². The van der Waals surface area contributed by atoms with Crippen LogP contribution in [-0.4, -0.2) is 17.0 Å². The fourth-order valence-corrected chi connectivity index (χ4v) is 3.40. The Morgan fingerprint density at radius 1 is 0.962 bits per heavy atom. The zero-order valence-corrected chi connectivity index (χ0v) is 15.7. The summed E-state index contributed by atoms with van der Waals surface area (Å²) in [6, 6.07) is 20.6. The van der Waals surface area contributed by atoms with Crippen molar-refractivity contribution in [2.45, 2.75) is 33.2 Å². The van der Waals surface area contributed by atoms with Crippen molar-refractivity contribution in [3.05, 3.63) is 89.7 Å². The predicted octanol–water partition coefficient (Wildman–Crippen LogP) is 5.14. The summed E-state index contributed by atoms with van der Waals surface area (Å²) in [5.74, 6) is 0.137. The Morgan fingerprint density at radius 2 is 1.62 bits per heavy atom. The molecule has 1 atom stereocenters. The van der Waals surface area contributed by atoms with Gasteiger partial charge in [0.05, 0.1) is 12.5 Å². The Labute approximate surface area is 155 Å². The molecule has 3 aromatic rings. The van der Waals surface area contributed by atoms with Crippen LogP contribution in [0.3, 0.4) is 0 Å². The molecule has 3 nitrogen and oxygen atoms in total. The lowest BCUT2D eigenvalue weighted by Crippen LogP contribution is -2.32. The number of aryl methyl sites for hydroxylation is 2. The highest BCUT2D eigenvalue weighted by molar-refractivity contribution is 5.93. The van der Waals surface area contributed by atoms with Gasteiger partial charge in [-0.05, 0) is 56.2 Å². The fourth-order valence-electron chi connectivity index (χ4n) is 3.40. The maximum absolute atomic E-state index is 13.2. The molecule has 0 N–H and O–H groups in total. The Hall–Kier alpha value is -2.81. The summed E-state index contributed by atoms with van der Waals surface area (Å²) in [6.45, 7) is 6.83. The van der Waals surface area contributed by atoms with Gasteiger partial charge in [-0.1, -0.05) is 42.0 Å². The molecule has 0 saturated heterocycles. The Bertz CT molecular complexity index is 867. The summed E-state index contributed by atoms with van der Waals surface area (Å²) in [5.41, 5.74) is 4.50. The van der Waals surface area contributed by atoms with Gasteiger partial charge >= 0.3 is 0 Å². The first kappa shape index (κ1) is 18.0. The molecule has 0 aliphatic rings. The predicted molar refractivity (Wildman–Crippen MR) is 108 cm³/mol. The third-order valence-corrected chi connectivity index (χ3v) is 4.71. The molecule has 3 rings (SSSR count). The van der Waals surface area contributed by atoms with E-state index in [2.05, 4.69) is 54.8 Å². The molecule has 0 spiro atoms. The van der Waals surface area contributed by atoms with E-state index in [0.717, 1.165) is 16.8 Å². The van der Waals surface area contributed by atoms with Crippen LogP contribution in [0.5, 0.6) is 0 Å². The van der Waals surface area contributed by atoms with Crippen LogP contribution in [0.2, 0.25) is 0 Å². The third kappa shape index (κ3) is 4.05. The summed E-state index contributed by atoms with van der Waals surface area (Å²) in [4.78, 5) is 15.0. The van der Waals surface area contributed by atoms with Gasteiger partial charge in [0.2, 0.25) is 5.91 Å². The first-order valence-electron chi connectivity index (χ1n) is 9.14. The monoisotopic (exact) mass is 346 g/mol. The van der Waals surface area contributed by atoms with Crippen molar-refractivity contribution in [3.63, 3.8) is 0 Å². The molecule has 0 aliphatic heterocycles. The molecule has 0 unspecified atom stereocenters. The number of carbonyl (C=O) groups excluding carboxylic acids is 1. The molecule has 0 radical (unpaired) electrons. The van der Waals surface area contributed by atoms with Crippen LogP contribution in [0.4, 0.5) is 5.69 Å². The minimum atomic E-state index is -0.00346. The Kier molecular flexibility index (Phi) is 5.57. The first-order chi connectivity index (χ1) is 12.6. The minimum Gasteiger partial charge on any atom is -0.346 e. The standard InChI is InChI=1S/C23H26N2O/c1-4-25(21-12-8-10-19(3)16-21)23(26)17-22(24-13-5-6-14-24)20-11-7-9-18(2)15-20/h5-16,22H,4,17H2,1-3H3/t22-/m1/s1. The van der Waals surface area contributed by atoms with Gasteiger partial charge in [0.1, 0.15) is 0 Å². The molecule has 3 heteroatoms. The smallest absolute Gasteiger partial charge is 0.229 e. The largest absolute Gasteiger partial charge is 0.346 e. The number of benzene rings is 2. The van der Waals surface area contributed by atoms with Crippen molar-refractivity contribution in [1.29, 1.82) is 0 Å². The number of hydrogen-bond donors (Lipinski definition) is 0. The second-order valence-electron chi connectivity index (χ2n) is 6.74. The molecule has 1 amide bonds. The summed E-state index contributed by atoms with van der Waals surface area (Å²) in [6.07, 6.45) is 4.49. The van der Waals surface area contributed by atoms with E-state index >= 15 is 0 Å². The van der Waals surface area contributed by atoms with E-state index in [9.17, 15) is 4.79 Å². The number of anilines is 1. The molecule has 1 aromatic heterocycles. The van der Waals surface area contributed by atoms with Crippen LogP contribution in [0, 0.1) is 13.8 Å². The number of aromatic nitrogens is 1. The van der Waals surface area contributed by atoms with Crippen LogP contribution in [-0.2, 0) is 4.79 Å². The molecular formula is C23H26N2O. The molecule has 2 aromatic carbocycles. The van der Waals surface area contributed by atoms with Crippen molar-refractivity contribution < 1.29 is 4.79 Å². The van der Waals surface area contributed by atoms with Crippen LogP contribution >= 0.6 is 0 Å². The zero-order valence-electron chi connectivity index (χ0n) is 15.7. The number of nitrogens with zero attached hydrogens (tertiary/aromatic N) is 2. The van der Waals surface area contributed by atoms with E-state index in [1.165, 1.54) is 5.56 Å². The van der Waals surface area contributed by atoms with Gasteiger partial charge in [-0.15, -0.1) is 0 Å². The van der Waals surface area contributed by atoms with Gasteiger partial charge < -0.3 is 9.47 Å². The average Bonchev–Trinajstić information content (AvgIpc) is 3.15. The number of rotatable bonds is 6. The molecule has 1 heterocycles. The summed E-state index contributed by atoms with van der Waals surface area (Å²) < 4.78 is 2.12. The SMILES string of the molecule is CCN(C(=O)C[C@H](c1cccc(C)c1)n1cccc1)c1cccc(C)c1. The highest BCUT2D eigenvalue weighted by Gasteiger charge is 2.22. The fraction of sp³-hybridized carbons (Fsp3) is 0.261. The lowest BCUT2D eigenvalue weighted by Gasteiger charge is -2.26. The van der Waals surface area contributed by atoms with Gasteiger partial charge in [-0.25, -0.2) is 0 Å². The molecule has 134 valence electrons. The number of amides is 1. The molecule has 0 saturated carbocycles. The molecule has 0 aliphatic carbocycles. The Balaban J connectivity index is 1.89. The maximum Gasteiger partial charge on any atom is 0.229 e. The van der Waals surface area contributed by atoms with Crippen LogP contribution < -0.4 is 4.90 Å². The first-order valence-corrected chi connectivity index (χ1v) is 9.14. The van der Waals surface area contributed by atoms with Crippen molar-refractivity contribution in [2.24, 2.45) is 0 Å². The van der Waals surface area contributed by atoms with E-state index in [1.54, 1.807) is 0 Å². The maximum atomic E-state index is 13.2. The van der Waals surface area contributed by atoms with Gasteiger partial charge in [0.25, 0.3) is 0 Å². The summed E-state index contributed by atoms with van der Waals surface area (Å²) in [5, 5.41) is 0. The van der Waals surface area contributed by atoms with E-state index in [1.807, 2.05) is 48.5 Å².